The monoisotopic (exact) mass is 209 g/mol. The van der Waals surface area contributed by atoms with Crippen molar-refractivity contribution >= 4 is 10.1 Å². The van der Waals surface area contributed by atoms with Crippen LogP contribution >= 0.6 is 0 Å². The Morgan fingerprint density at radius 2 is 2.15 bits per heavy atom. The predicted molar refractivity (Wildman–Crippen MR) is 48.0 cm³/mol. The van der Waals surface area contributed by atoms with Crippen LogP contribution in [0.25, 0.3) is 0 Å². The highest BCUT2D eigenvalue weighted by atomic mass is 32.2. The van der Waals surface area contributed by atoms with Gasteiger partial charge in [-0.15, -0.1) is 0 Å². The van der Waals surface area contributed by atoms with Gasteiger partial charge in [-0.25, -0.2) is 0 Å². The summed E-state index contributed by atoms with van der Waals surface area (Å²) in [6, 6.07) is 0. The van der Waals surface area contributed by atoms with Gasteiger partial charge in [0.2, 0.25) is 0 Å². The summed E-state index contributed by atoms with van der Waals surface area (Å²) in [5.74, 6) is 0.0481. The smallest absolute Gasteiger partial charge is 0.266 e. The van der Waals surface area contributed by atoms with Crippen LogP contribution in [-0.2, 0) is 10.1 Å². The first kappa shape index (κ1) is 10.9. The topological polar surface area (TPSA) is 77.8 Å². The van der Waals surface area contributed by atoms with E-state index in [0.29, 0.717) is 6.54 Å². The third-order valence-electron chi connectivity index (χ3n) is 2.29. The van der Waals surface area contributed by atoms with E-state index in [0.717, 1.165) is 19.5 Å². The Morgan fingerprint density at radius 1 is 1.46 bits per heavy atom. The highest BCUT2D eigenvalue weighted by Crippen LogP contribution is 2.14. The van der Waals surface area contributed by atoms with Crippen molar-refractivity contribution in [1.82, 2.24) is 4.90 Å². The van der Waals surface area contributed by atoms with Gasteiger partial charge < -0.3 is 10.0 Å². The van der Waals surface area contributed by atoms with Crippen LogP contribution in [0.2, 0.25) is 0 Å². The Labute approximate surface area is 78.1 Å². The Morgan fingerprint density at radius 3 is 2.62 bits per heavy atom. The van der Waals surface area contributed by atoms with Crippen molar-refractivity contribution in [3.8, 4) is 0 Å². The fourth-order valence-electron chi connectivity index (χ4n) is 1.51. The van der Waals surface area contributed by atoms with Crippen LogP contribution in [-0.4, -0.2) is 55.0 Å². The van der Waals surface area contributed by atoms with Gasteiger partial charge in [-0.1, -0.05) is 0 Å². The zero-order chi connectivity index (χ0) is 9.90. The highest BCUT2D eigenvalue weighted by molar-refractivity contribution is 7.85. The van der Waals surface area contributed by atoms with Crippen LogP contribution in [0.15, 0.2) is 0 Å². The normalized spacial score (nSPS) is 25.2. The molecule has 0 radical (unpaired) electrons. The summed E-state index contributed by atoms with van der Waals surface area (Å²) in [6.07, 6.45) is 0.905. The molecule has 5 nitrogen and oxygen atoms in total. The fraction of sp³-hybridized carbons (Fsp3) is 1.00. The number of nitrogens with zero attached hydrogens (tertiary/aromatic N) is 1. The molecule has 1 rings (SSSR count). The second kappa shape index (κ2) is 4.36. The summed E-state index contributed by atoms with van der Waals surface area (Å²) in [4.78, 5) is 1.94. The quantitative estimate of drug-likeness (QED) is 0.592. The van der Waals surface area contributed by atoms with E-state index in [1.807, 2.05) is 4.90 Å². The van der Waals surface area contributed by atoms with Crippen LogP contribution in [0.5, 0.6) is 0 Å². The maximum absolute atomic E-state index is 10.4. The summed E-state index contributed by atoms with van der Waals surface area (Å²) in [5, 5.41) is 8.82. The van der Waals surface area contributed by atoms with Gasteiger partial charge in [-0.2, -0.15) is 8.42 Å². The molecule has 0 saturated carbocycles. The lowest BCUT2D eigenvalue weighted by Crippen LogP contribution is -2.27. The van der Waals surface area contributed by atoms with E-state index in [1.165, 1.54) is 0 Å². The van der Waals surface area contributed by atoms with Gasteiger partial charge in [0.05, 0.1) is 5.75 Å². The summed E-state index contributed by atoms with van der Waals surface area (Å²) >= 11 is 0. The van der Waals surface area contributed by atoms with Crippen LogP contribution in [0.1, 0.15) is 6.42 Å². The molecule has 13 heavy (non-hydrogen) atoms. The van der Waals surface area contributed by atoms with Crippen LogP contribution in [0.4, 0.5) is 0 Å². The number of rotatable bonds is 4. The van der Waals surface area contributed by atoms with Gasteiger partial charge >= 0.3 is 0 Å². The Balaban J connectivity index is 2.25. The maximum Gasteiger partial charge on any atom is 0.266 e. The molecule has 0 aromatic heterocycles. The summed E-state index contributed by atoms with van der Waals surface area (Å²) in [5.41, 5.74) is 0. The standard InChI is InChI=1S/C7H15NO4S/c9-6-7-1-2-8(5-7)3-4-13(10,11)12/h7,9H,1-6H2,(H,10,11,12). The maximum atomic E-state index is 10.4. The van der Waals surface area contributed by atoms with E-state index < -0.39 is 10.1 Å². The molecule has 1 heterocycles. The molecule has 1 aliphatic rings. The van der Waals surface area contributed by atoms with Crippen molar-refractivity contribution in [2.24, 2.45) is 5.92 Å². The molecule has 1 saturated heterocycles. The molecule has 1 atom stereocenters. The average molecular weight is 209 g/mol. The lowest BCUT2D eigenvalue weighted by molar-refractivity contribution is 0.223. The third-order valence-corrected chi connectivity index (χ3v) is 2.99. The van der Waals surface area contributed by atoms with E-state index in [4.69, 9.17) is 9.66 Å². The molecule has 1 fully saturated rings. The number of aliphatic hydroxyl groups excluding tert-OH is 1. The van der Waals surface area contributed by atoms with Crippen LogP contribution in [0, 0.1) is 5.92 Å². The van der Waals surface area contributed by atoms with Crippen LogP contribution in [0.3, 0.4) is 0 Å². The molecule has 6 heteroatoms. The molecule has 0 aromatic carbocycles. The zero-order valence-corrected chi connectivity index (χ0v) is 8.20. The Hall–Kier alpha value is -0.170. The Kier molecular flexibility index (Phi) is 3.66. The minimum Gasteiger partial charge on any atom is -0.396 e. The summed E-state index contributed by atoms with van der Waals surface area (Å²) < 4.78 is 29.3. The number of likely N-dealkylation sites (tertiary alicyclic amines) is 1. The number of hydrogen-bond acceptors (Lipinski definition) is 4. The zero-order valence-electron chi connectivity index (χ0n) is 7.39. The van der Waals surface area contributed by atoms with Crippen molar-refractivity contribution in [3.63, 3.8) is 0 Å². The minimum atomic E-state index is -3.84. The number of hydrogen-bond donors (Lipinski definition) is 2. The predicted octanol–water partition coefficient (Wildman–Crippen LogP) is -0.812. The van der Waals surface area contributed by atoms with Crippen molar-refractivity contribution < 1.29 is 18.1 Å². The van der Waals surface area contributed by atoms with Gasteiger partial charge in [0.15, 0.2) is 0 Å². The molecule has 0 bridgehead atoms. The molecule has 78 valence electrons. The molecule has 1 unspecified atom stereocenters. The Bertz CT molecular complexity index is 251. The molecule has 0 aliphatic carbocycles. The van der Waals surface area contributed by atoms with Gasteiger partial charge in [0, 0.05) is 19.7 Å². The second-order valence-electron chi connectivity index (χ2n) is 3.42. The summed E-state index contributed by atoms with van der Waals surface area (Å²) in [7, 11) is -3.84. The second-order valence-corrected chi connectivity index (χ2v) is 5.00. The SMILES string of the molecule is O=S(=O)(O)CCN1CCC(CO)C1. The minimum absolute atomic E-state index is 0.155. The number of aliphatic hydroxyl groups is 1. The van der Waals surface area contributed by atoms with E-state index in [-0.39, 0.29) is 18.3 Å². The first-order chi connectivity index (χ1) is 6.01. The third kappa shape index (κ3) is 4.04. The van der Waals surface area contributed by atoms with Crippen molar-refractivity contribution in [1.29, 1.82) is 0 Å². The molecular weight excluding hydrogens is 194 g/mol. The molecular formula is C7H15NO4S. The first-order valence-corrected chi connectivity index (χ1v) is 5.90. The van der Waals surface area contributed by atoms with Gasteiger partial charge in [0.25, 0.3) is 10.1 Å². The lowest BCUT2D eigenvalue weighted by atomic mass is 10.1. The van der Waals surface area contributed by atoms with Gasteiger partial charge in [-0.3, -0.25) is 4.55 Å². The van der Waals surface area contributed by atoms with Crippen molar-refractivity contribution in [2.75, 3.05) is 32.0 Å². The first-order valence-electron chi connectivity index (χ1n) is 4.29. The van der Waals surface area contributed by atoms with E-state index in [9.17, 15) is 8.42 Å². The molecule has 0 amide bonds. The largest absolute Gasteiger partial charge is 0.396 e. The van der Waals surface area contributed by atoms with Gasteiger partial charge in [0.1, 0.15) is 0 Å². The van der Waals surface area contributed by atoms with E-state index >= 15 is 0 Å². The fourth-order valence-corrected chi connectivity index (χ4v) is 2.00. The summed E-state index contributed by atoms with van der Waals surface area (Å²) in [6.45, 7) is 2.05. The molecule has 1 aliphatic heterocycles. The van der Waals surface area contributed by atoms with E-state index in [2.05, 4.69) is 0 Å². The van der Waals surface area contributed by atoms with Crippen LogP contribution < -0.4 is 0 Å². The molecule has 0 aromatic rings. The van der Waals surface area contributed by atoms with Crippen molar-refractivity contribution in [3.05, 3.63) is 0 Å². The van der Waals surface area contributed by atoms with Gasteiger partial charge in [-0.05, 0) is 18.9 Å². The van der Waals surface area contributed by atoms with E-state index in [1.54, 1.807) is 0 Å². The van der Waals surface area contributed by atoms with Crippen molar-refractivity contribution in [2.45, 2.75) is 6.42 Å². The highest BCUT2D eigenvalue weighted by Gasteiger charge is 2.22. The lowest BCUT2D eigenvalue weighted by Gasteiger charge is -2.13. The molecule has 0 spiro atoms. The molecule has 2 N–H and O–H groups in total. The average Bonchev–Trinajstić information content (AvgIpc) is 2.47.